The van der Waals surface area contributed by atoms with Crippen LogP contribution in [-0.4, -0.2) is 14.8 Å². The molecule has 0 atom stereocenters. The van der Waals surface area contributed by atoms with Gasteiger partial charge in [0.2, 0.25) is 0 Å². The lowest BCUT2D eigenvalue weighted by atomic mass is 10.4. The quantitative estimate of drug-likeness (QED) is 0.848. The van der Waals surface area contributed by atoms with Gasteiger partial charge in [-0.05, 0) is 38.3 Å². The topological polar surface area (TPSA) is 30.7 Å². The molecule has 0 aromatic carbocycles. The monoisotopic (exact) mass is 349 g/mol. The van der Waals surface area contributed by atoms with Gasteiger partial charge in [0.25, 0.3) is 0 Å². The maximum atomic E-state index is 4.50. The van der Waals surface area contributed by atoms with Crippen LogP contribution in [0.2, 0.25) is 0 Å². The third-order valence-corrected chi connectivity index (χ3v) is 3.98. The van der Waals surface area contributed by atoms with Crippen LogP contribution in [0.5, 0.6) is 0 Å². The van der Waals surface area contributed by atoms with Gasteiger partial charge in [0.15, 0.2) is 0 Å². The Morgan fingerprint density at radius 3 is 2.80 bits per heavy atom. The van der Waals surface area contributed by atoms with E-state index in [1.165, 1.54) is 5.01 Å². The van der Waals surface area contributed by atoms with Crippen molar-refractivity contribution in [1.82, 2.24) is 14.8 Å². The van der Waals surface area contributed by atoms with E-state index in [0.717, 1.165) is 21.3 Å². The summed E-state index contributed by atoms with van der Waals surface area (Å²) in [4.78, 5) is 4.50. The molecule has 0 radical (unpaired) electrons. The smallest absolute Gasteiger partial charge is 0.129 e. The first kappa shape index (κ1) is 11.3. The Labute approximate surface area is 109 Å². The van der Waals surface area contributed by atoms with Gasteiger partial charge in [0.05, 0.1) is 17.2 Å². The molecular weight excluding hydrogens is 342 g/mol. The SMILES string of the molecule is CCc1nc(Cn2nc(Br)cc2Br)cs1. The van der Waals surface area contributed by atoms with E-state index in [-0.39, 0.29) is 0 Å². The average Bonchev–Trinajstić information content (AvgIpc) is 2.75. The molecule has 15 heavy (non-hydrogen) atoms. The highest BCUT2D eigenvalue weighted by molar-refractivity contribution is 9.11. The molecule has 2 heterocycles. The second-order valence-electron chi connectivity index (χ2n) is 3.03. The van der Waals surface area contributed by atoms with Crippen molar-refractivity contribution in [2.24, 2.45) is 0 Å². The first-order chi connectivity index (χ1) is 7.19. The highest BCUT2D eigenvalue weighted by Gasteiger charge is 2.06. The summed E-state index contributed by atoms with van der Waals surface area (Å²) in [5.74, 6) is 0. The van der Waals surface area contributed by atoms with Crippen LogP contribution in [0.15, 0.2) is 20.7 Å². The summed E-state index contributed by atoms with van der Waals surface area (Å²) in [5.41, 5.74) is 1.06. The number of nitrogens with zero attached hydrogens (tertiary/aromatic N) is 3. The summed E-state index contributed by atoms with van der Waals surface area (Å²) in [6.45, 7) is 2.83. The third-order valence-electron chi connectivity index (χ3n) is 1.91. The predicted octanol–water partition coefficient (Wildman–Crippen LogP) is 3.48. The van der Waals surface area contributed by atoms with Gasteiger partial charge in [-0.1, -0.05) is 6.92 Å². The first-order valence-corrected chi connectivity index (χ1v) is 6.97. The second kappa shape index (κ2) is 4.76. The summed E-state index contributed by atoms with van der Waals surface area (Å²) in [6, 6.07) is 1.92. The minimum atomic E-state index is 0.711. The van der Waals surface area contributed by atoms with Crippen LogP contribution in [0.4, 0.5) is 0 Å². The molecule has 3 nitrogen and oxygen atoms in total. The van der Waals surface area contributed by atoms with Crippen LogP contribution in [0.1, 0.15) is 17.6 Å². The van der Waals surface area contributed by atoms with E-state index in [2.05, 4.69) is 54.2 Å². The lowest BCUT2D eigenvalue weighted by Crippen LogP contribution is -2.02. The highest BCUT2D eigenvalue weighted by Crippen LogP contribution is 2.18. The largest absolute Gasteiger partial charge is 0.251 e. The van der Waals surface area contributed by atoms with Gasteiger partial charge in [0, 0.05) is 11.4 Å². The number of hydrogen-bond acceptors (Lipinski definition) is 3. The van der Waals surface area contributed by atoms with E-state index >= 15 is 0 Å². The molecular formula is C9H9Br2N3S. The average molecular weight is 351 g/mol. The fourth-order valence-corrected chi connectivity index (χ4v) is 3.09. The standard InChI is InChI=1S/C9H9Br2N3S/c1-2-9-12-6(5-15-9)4-14-8(11)3-7(10)13-14/h3,5H,2,4H2,1H3. The summed E-state index contributed by atoms with van der Waals surface area (Å²) in [5, 5.41) is 7.55. The number of hydrogen-bond donors (Lipinski definition) is 0. The van der Waals surface area contributed by atoms with Gasteiger partial charge in [-0.3, -0.25) is 4.68 Å². The zero-order chi connectivity index (χ0) is 10.8. The molecule has 0 bridgehead atoms. The van der Waals surface area contributed by atoms with Crippen molar-refractivity contribution in [3.8, 4) is 0 Å². The molecule has 0 amide bonds. The lowest BCUT2D eigenvalue weighted by Gasteiger charge is -1.99. The Morgan fingerprint density at radius 1 is 1.47 bits per heavy atom. The summed E-state index contributed by atoms with van der Waals surface area (Å²) >= 11 is 8.48. The molecule has 2 aromatic rings. The van der Waals surface area contributed by atoms with Crippen molar-refractivity contribution < 1.29 is 0 Å². The Bertz CT molecular complexity index is 464. The van der Waals surface area contributed by atoms with E-state index in [4.69, 9.17) is 0 Å². The van der Waals surface area contributed by atoms with Crippen molar-refractivity contribution in [2.45, 2.75) is 19.9 Å². The maximum absolute atomic E-state index is 4.50. The normalized spacial score (nSPS) is 10.9. The molecule has 0 saturated carbocycles. The Kier molecular flexibility index (Phi) is 3.58. The number of aryl methyl sites for hydroxylation is 1. The molecule has 80 valence electrons. The third kappa shape index (κ3) is 2.68. The van der Waals surface area contributed by atoms with Gasteiger partial charge in [-0.2, -0.15) is 5.10 Å². The fraction of sp³-hybridized carbons (Fsp3) is 0.333. The van der Waals surface area contributed by atoms with Gasteiger partial charge in [-0.25, -0.2) is 4.98 Å². The lowest BCUT2D eigenvalue weighted by molar-refractivity contribution is 0.655. The summed E-state index contributed by atoms with van der Waals surface area (Å²) < 4.78 is 3.67. The van der Waals surface area contributed by atoms with Crippen molar-refractivity contribution >= 4 is 43.2 Å². The summed E-state index contributed by atoms with van der Waals surface area (Å²) in [6.07, 6.45) is 0.995. The molecule has 0 spiro atoms. The molecule has 0 unspecified atom stereocenters. The van der Waals surface area contributed by atoms with Crippen LogP contribution in [-0.2, 0) is 13.0 Å². The van der Waals surface area contributed by atoms with Crippen molar-refractivity contribution in [1.29, 1.82) is 0 Å². The van der Waals surface area contributed by atoms with E-state index in [0.29, 0.717) is 6.54 Å². The minimum absolute atomic E-state index is 0.711. The first-order valence-electron chi connectivity index (χ1n) is 4.51. The Balaban J connectivity index is 2.17. The Morgan fingerprint density at radius 2 is 2.27 bits per heavy atom. The zero-order valence-corrected chi connectivity index (χ0v) is 12.1. The van der Waals surface area contributed by atoms with Gasteiger partial charge in [-0.15, -0.1) is 11.3 Å². The summed E-state index contributed by atoms with van der Waals surface area (Å²) in [7, 11) is 0. The minimum Gasteiger partial charge on any atom is -0.251 e. The number of thiazole rings is 1. The fourth-order valence-electron chi connectivity index (χ4n) is 1.21. The molecule has 0 aliphatic rings. The van der Waals surface area contributed by atoms with E-state index in [9.17, 15) is 0 Å². The maximum Gasteiger partial charge on any atom is 0.129 e. The molecule has 0 aliphatic heterocycles. The second-order valence-corrected chi connectivity index (χ2v) is 5.60. The van der Waals surface area contributed by atoms with Crippen molar-refractivity contribution in [2.75, 3.05) is 0 Å². The molecule has 0 fully saturated rings. The molecule has 6 heteroatoms. The molecule has 2 aromatic heterocycles. The van der Waals surface area contributed by atoms with E-state index in [1.54, 1.807) is 11.3 Å². The number of aromatic nitrogens is 3. The van der Waals surface area contributed by atoms with Crippen LogP contribution < -0.4 is 0 Å². The van der Waals surface area contributed by atoms with Crippen LogP contribution in [0, 0.1) is 0 Å². The predicted molar refractivity (Wildman–Crippen MR) is 68.2 cm³/mol. The number of rotatable bonds is 3. The van der Waals surface area contributed by atoms with Crippen LogP contribution in [0.25, 0.3) is 0 Å². The van der Waals surface area contributed by atoms with E-state index in [1.807, 2.05) is 10.7 Å². The van der Waals surface area contributed by atoms with Gasteiger partial charge in [0.1, 0.15) is 9.21 Å². The Hall–Kier alpha value is -0.200. The highest BCUT2D eigenvalue weighted by atomic mass is 79.9. The van der Waals surface area contributed by atoms with Crippen molar-refractivity contribution in [3.05, 3.63) is 31.4 Å². The zero-order valence-electron chi connectivity index (χ0n) is 8.07. The van der Waals surface area contributed by atoms with Gasteiger partial charge >= 0.3 is 0 Å². The van der Waals surface area contributed by atoms with Crippen LogP contribution >= 0.6 is 43.2 Å². The molecule has 0 aliphatic carbocycles. The number of halogens is 2. The molecule has 0 saturated heterocycles. The molecule has 2 rings (SSSR count). The van der Waals surface area contributed by atoms with Crippen molar-refractivity contribution in [3.63, 3.8) is 0 Å². The molecule has 0 N–H and O–H groups in total. The van der Waals surface area contributed by atoms with Crippen LogP contribution in [0.3, 0.4) is 0 Å². The van der Waals surface area contributed by atoms with E-state index < -0.39 is 0 Å². The van der Waals surface area contributed by atoms with Gasteiger partial charge < -0.3 is 0 Å².